The van der Waals surface area contributed by atoms with Crippen molar-refractivity contribution in [2.45, 2.75) is 47.0 Å². The maximum Gasteiger partial charge on any atom is 0.173 e. The second-order valence-corrected chi connectivity index (χ2v) is 7.52. The molecule has 1 aromatic carbocycles. The molecule has 2 nitrogen and oxygen atoms in total. The van der Waals surface area contributed by atoms with Crippen LogP contribution in [0.4, 0.5) is 0 Å². The van der Waals surface area contributed by atoms with E-state index in [1.54, 1.807) is 0 Å². The van der Waals surface area contributed by atoms with Crippen molar-refractivity contribution in [1.29, 1.82) is 0 Å². The summed E-state index contributed by atoms with van der Waals surface area (Å²) in [5, 5.41) is 0. The summed E-state index contributed by atoms with van der Waals surface area (Å²) in [5.74, 6) is 0.917. The average Bonchev–Trinajstić information content (AvgIpc) is 2.25. The number of ether oxygens (including phenoxy) is 1. The molecule has 1 aromatic rings. The average molecular weight is 260 g/mol. The number of hydrogen-bond donors (Lipinski definition) is 0. The number of carbonyl (C=O) groups excluding carboxylic acids is 1. The van der Waals surface area contributed by atoms with Crippen LogP contribution in [0.15, 0.2) is 18.2 Å². The van der Waals surface area contributed by atoms with E-state index in [1.807, 2.05) is 18.2 Å². The Balaban J connectivity index is 2.56. The number of carbonyl (C=O) groups is 1. The van der Waals surface area contributed by atoms with Gasteiger partial charge in [-0.2, -0.15) is 0 Å². The zero-order chi connectivity index (χ0) is 14.4. The van der Waals surface area contributed by atoms with Gasteiger partial charge in [0, 0.05) is 0 Å². The van der Waals surface area contributed by atoms with Crippen molar-refractivity contribution >= 4 is 5.78 Å². The summed E-state index contributed by atoms with van der Waals surface area (Å²) in [5.41, 5.74) is 1.76. The van der Waals surface area contributed by atoms with Crippen molar-refractivity contribution in [3.8, 4) is 5.75 Å². The molecule has 1 heterocycles. The van der Waals surface area contributed by atoms with E-state index in [-0.39, 0.29) is 22.5 Å². The number of fused-ring (bicyclic) bond motifs is 1. The Morgan fingerprint density at radius 2 is 1.74 bits per heavy atom. The van der Waals surface area contributed by atoms with Crippen molar-refractivity contribution in [3.05, 3.63) is 29.3 Å². The van der Waals surface area contributed by atoms with E-state index < -0.39 is 0 Å². The molecular formula is C17H24O2. The smallest absolute Gasteiger partial charge is 0.173 e. The van der Waals surface area contributed by atoms with Crippen LogP contribution in [0.25, 0.3) is 0 Å². The second kappa shape index (κ2) is 4.36. The van der Waals surface area contributed by atoms with E-state index in [0.29, 0.717) is 6.61 Å². The van der Waals surface area contributed by atoms with Gasteiger partial charge in [-0.25, -0.2) is 0 Å². The first-order valence-electron chi connectivity index (χ1n) is 6.93. The molecule has 19 heavy (non-hydrogen) atoms. The van der Waals surface area contributed by atoms with Crippen LogP contribution in [0.3, 0.4) is 0 Å². The van der Waals surface area contributed by atoms with E-state index in [0.717, 1.165) is 16.9 Å². The summed E-state index contributed by atoms with van der Waals surface area (Å²) in [6.07, 6.45) is 0. The summed E-state index contributed by atoms with van der Waals surface area (Å²) < 4.78 is 5.85. The molecule has 1 atom stereocenters. The largest absolute Gasteiger partial charge is 0.492 e. The fraction of sp³-hybridized carbons (Fsp3) is 0.588. The molecule has 1 aliphatic rings. The van der Waals surface area contributed by atoms with Crippen LogP contribution >= 0.6 is 0 Å². The third kappa shape index (κ3) is 2.54. The highest BCUT2D eigenvalue weighted by atomic mass is 16.5. The van der Waals surface area contributed by atoms with E-state index in [9.17, 15) is 4.79 Å². The molecule has 0 N–H and O–H groups in total. The van der Waals surface area contributed by atoms with Gasteiger partial charge in [0.2, 0.25) is 0 Å². The highest BCUT2D eigenvalue weighted by molar-refractivity contribution is 6.03. The zero-order valence-electron chi connectivity index (χ0n) is 12.8. The zero-order valence-corrected chi connectivity index (χ0v) is 12.8. The number of ketones is 1. The molecule has 2 rings (SSSR count). The molecule has 0 radical (unpaired) electrons. The fourth-order valence-electron chi connectivity index (χ4n) is 2.60. The topological polar surface area (TPSA) is 26.3 Å². The molecule has 0 aromatic heterocycles. The molecule has 2 heteroatoms. The molecule has 0 saturated carbocycles. The Morgan fingerprint density at radius 1 is 1.11 bits per heavy atom. The first-order valence-corrected chi connectivity index (χ1v) is 6.93. The van der Waals surface area contributed by atoms with Crippen molar-refractivity contribution < 1.29 is 9.53 Å². The molecule has 0 amide bonds. The summed E-state index contributed by atoms with van der Waals surface area (Å²) >= 11 is 0. The number of hydrogen-bond acceptors (Lipinski definition) is 2. The predicted octanol–water partition coefficient (Wildman–Crippen LogP) is 4.22. The summed E-state index contributed by atoms with van der Waals surface area (Å²) in [7, 11) is 0. The van der Waals surface area contributed by atoms with Gasteiger partial charge >= 0.3 is 0 Å². The van der Waals surface area contributed by atoms with Crippen LogP contribution in [0, 0.1) is 11.3 Å². The molecular weight excluding hydrogens is 236 g/mol. The normalized spacial score (nSPS) is 19.9. The number of Topliss-reactive ketones (excluding diaryl/α,β-unsaturated/α-hetero) is 1. The Hall–Kier alpha value is -1.31. The van der Waals surface area contributed by atoms with Crippen molar-refractivity contribution in [1.82, 2.24) is 0 Å². The van der Waals surface area contributed by atoms with Crippen molar-refractivity contribution in [2.75, 3.05) is 6.61 Å². The first kappa shape index (κ1) is 14.1. The third-order valence-electron chi connectivity index (χ3n) is 3.85. The van der Waals surface area contributed by atoms with Crippen molar-refractivity contribution in [2.24, 2.45) is 11.3 Å². The van der Waals surface area contributed by atoms with Gasteiger partial charge in [0.25, 0.3) is 0 Å². The highest BCUT2D eigenvalue weighted by Crippen LogP contribution is 2.40. The van der Waals surface area contributed by atoms with Gasteiger partial charge in [-0.15, -0.1) is 0 Å². The maximum absolute atomic E-state index is 12.9. The monoisotopic (exact) mass is 260 g/mol. The second-order valence-electron chi connectivity index (χ2n) is 7.52. The molecule has 0 saturated heterocycles. The lowest BCUT2D eigenvalue weighted by Gasteiger charge is -2.35. The van der Waals surface area contributed by atoms with E-state index in [2.05, 4.69) is 41.5 Å². The summed E-state index contributed by atoms with van der Waals surface area (Å²) in [4.78, 5) is 12.9. The molecule has 1 unspecified atom stereocenters. The SMILES string of the molecule is CC(C)(C)c1cccc2c1C(=O)C(C(C)(C)C)CO2. The van der Waals surface area contributed by atoms with E-state index in [4.69, 9.17) is 4.74 Å². The maximum atomic E-state index is 12.9. The standard InChI is InChI=1S/C17H24O2/c1-16(2,3)11-8-7-9-13-14(11)15(18)12(10-19-13)17(4,5)6/h7-9,12H,10H2,1-6H3. The highest BCUT2D eigenvalue weighted by Gasteiger charge is 2.39. The van der Waals surface area contributed by atoms with Gasteiger partial charge in [0.05, 0.1) is 18.1 Å². The minimum absolute atomic E-state index is 0.0515. The van der Waals surface area contributed by atoms with Crippen LogP contribution in [0.1, 0.15) is 57.5 Å². The minimum Gasteiger partial charge on any atom is -0.492 e. The molecule has 0 fully saturated rings. The van der Waals surface area contributed by atoms with Gasteiger partial charge in [0.15, 0.2) is 5.78 Å². The number of rotatable bonds is 0. The van der Waals surface area contributed by atoms with Crippen LogP contribution in [-0.4, -0.2) is 12.4 Å². The van der Waals surface area contributed by atoms with Gasteiger partial charge < -0.3 is 4.74 Å². The van der Waals surface area contributed by atoms with Crippen molar-refractivity contribution in [3.63, 3.8) is 0 Å². The quantitative estimate of drug-likeness (QED) is 0.698. The Labute approximate surface area is 116 Å². The Bertz CT molecular complexity index is 501. The molecule has 0 bridgehead atoms. The Morgan fingerprint density at radius 3 is 2.26 bits per heavy atom. The minimum atomic E-state index is -0.0697. The van der Waals surface area contributed by atoms with Crippen LogP contribution in [0.2, 0.25) is 0 Å². The van der Waals surface area contributed by atoms with Gasteiger partial charge in [-0.05, 0) is 22.5 Å². The first-order chi connectivity index (χ1) is 8.62. The lowest BCUT2D eigenvalue weighted by atomic mass is 9.72. The molecule has 104 valence electrons. The summed E-state index contributed by atoms with van der Waals surface area (Å²) in [6.45, 7) is 13.2. The van der Waals surface area contributed by atoms with Gasteiger partial charge in [-0.3, -0.25) is 4.79 Å². The molecule has 0 aliphatic carbocycles. The van der Waals surface area contributed by atoms with E-state index in [1.165, 1.54) is 0 Å². The van der Waals surface area contributed by atoms with Crippen LogP contribution < -0.4 is 4.74 Å². The van der Waals surface area contributed by atoms with Crippen LogP contribution in [0.5, 0.6) is 5.75 Å². The Kier molecular flexibility index (Phi) is 3.24. The van der Waals surface area contributed by atoms with E-state index >= 15 is 0 Å². The van der Waals surface area contributed by atoms with Crippen LogP contribution in [-0.2, 0) is 5.41 Å². The molecule has 0 spiro atoms. The third-order valence-corrected chi connectivity index (χ3v) is 3.85. The lowest BCUT2D eigenvalue weighted by Crippen LogP contribution is -2.38. The van der Waals surface area contributed by atoms with Gasteiger partial charge in [0.1, 0.15) is 5.75 Å². The lowest BCUT2D eigenvalue weighted by molar-refractivity contribution is 0.0658. The van der Waals surface area contributed by atoms with Gasteiger partial charge in [-0.1, -0.05) is 53.7 Å². The summed E-state index contributed by atoms with van der Waals surface area (Å²) in [6, 6.07) is 5.93. The fourth-order valence-corrected chi connectivity index (χ4v) is 2.60. The predicted molar refractivity (Wildman–Crippen MR) is 77.9 cm³/mol. The number of benzene rings is 1. The molecule has 1 aliphatic heterocycles.